The lowest BCUT2D eigenvalue weighted by molar-refractivity contribution is -0.130. The van der Waals surface area contributed by atoms with Crippen molar-refractivity contribution in [2.45, 2.75) is 26.7 Å². The number of pyridine rings is 1. The van der Waals surface area contributed by atoms with Crippen LogP contribution in [0.4, 0.5) is 5.69 Å². The van der Waals surface area contributed by atoms with Gasteiger partial charge < -0.3 is 9.80 Å². The summed E-state index contributed by atoms with van der Waals surface area (Å²) in [5, 5.41) is 0. The maximum Gasteiger partial charge on any atom is 0.226 e. The summed E-state index contributed by atoms with van der Waals surface area (Å²) < 4.78 is 0. The predicted octanol–water partition coefficient (Wildman–Crippen LogP) is 2.70. The van der Waals surface area contributed by atoms with Gasteiger partial charge >= 0.3 is 0 Å². The van der Waals surface area contributed by atoms with Crippen LogP contribution < -0.4 is 4.90 Å². The molecule has 0 aliphatic heterocycles. The second-order valence-electron chi connectivity index (χ2n) is 6.00. The maximum atomic E-state index is 12.5. The fourth-order valence-corrected chi connectivity index (χ4v) is 2.58. The lowest BCUT2D eigenvalue weighted by Crippen LogP contribution is -2.34. The predicted molar refractivity (Wildman–Crippen MR) is 99.4 cm³/mol. The molecule has 1 heterocycles. The van der Waals surface area contributed by atoms with Gasteiger partial charge in [-0.25, -0.2) is 0 Å². The largest absolute Gasteiger partial charge is 0.342 e. The third kappa shape index (κ3) is 5.41. The average molecular weight is 339 g/mol. The molecule has 25 heavy (non-hydrogen) atoms. The van der Waals surface area contributed by atoms with Gasteiger partial charge in [0.25, 0.3) is 0 Å². The number of carbonyl (C=O) groups is 2. The molecule has 0 bridgehead atoms. The molecule has 0 aliphatic carbocycles. The molecule has 5 heteroatoms. The van der Waals surface area contributed by atoms with E-state index in [1.807, 2.05) is 48.2 Å². The Balaban J connectivity index is 1.93. The molecule has 2 aromatic rings. The van der Waals surface area contributed by atoms with E-state index in [9.17, 15) is 9.59 Å². The molecular formula is C20H25N3O2. The molecule has 0 fully saturated rings. The highest BCUT2D eigenvalue weighted by molar-refractivity contribution is 5.90. The van der Waals surface area contributed by atoms with Crippen molar-refractivity contribution in [1.29, 1.82) is 0 Å². The highest BCUT2D eigenvalue weighted by Gasteiger charge is 2.13. The van der Waals surface area contributed by atoms with Gasteiger partial charge in [-0.05, 0) is 48.7 Å². The van der Waals surface area contributed by atoms with Crippen LogP contribution >= 0.6 is 0 Å². The molecule has 0 radical (unpaired) electrons. The van der Waals surface area contributed by atoms with Gasteiger partial charge in [0.15, 0.2) is 0 Å². The van der Waals surface area contributed by atoms with E-state index >= 15 is 0 Å². The Bertz CT molecular complexity index is 699. The molecule has 0 atom stereocenters. The van der Waals surface area contributed by atoms with Crippen LogP contribution in [0.1, 0.15) is 25.0 Å². The summed E-state index contributed by atoms with van der Waals surface area (Å²) >= 11 is 0. The molecule has 0 saturated carbocycles. The highest BCUT2D eigenvalue weighted by atomic mass is 16.2. The molecule has 1 aromatic heterocycles. The summed E-state index contributed by atoms with van der Waals surface area (Å²) in [4.78, 5) is 31.4. The topological polar surface area (TPSA) is 53.5 Å². The molecule has 0 saturated heterocycles. The van der Waals surface area contributed by atoms with Crippen LogP contribution in [-0.2, 0) is 22.4 Å². The maximum absolute atomic E-state index is 12.5. The molecule has 0 aliphatic rings. The number of carbonyl (C=O) groups excluding carboxylic acids is 2. The van der Waals surface area contributed by atoms with Crippen molar-refractivity contribution in [3.05, 3.63) is 59.9 Å². The van der Waals surface area contributed by atoms with E-state index in [0.29, 0.717) is 19.5 Å². The van der Waals surface area contributed by atoms with Gasteiger partial charge in [0.05, 0.1) is 6.42 Å². The Labute approximate surface area is 149 Å². The zero-order valence-corrected chi connectivity index (χ0v) is 15.1. The van der Waals surface area contributed by atoms with Crippen LogP contribution in [0.3, 0.4) is 0 Å². The summed E-state index contributed by atoms with van der Waals surface area (Å²) in [6, 6.07) is 11.5. The summed E-state index contributed by atoms with van der Waals surface area (Å²) in [7, 11) is 1.74. The van der Waals surface area contributed by atoms with Crippen LogP contribution in [0.5, 0.6) is 0 Å². The third-order valence-corrected chi connectivity index (χ3v) is 4.31. The van der Waals surface area contributed by atoms with E-state index in [1.165, 1.54) is 12.5 Å². The van der Waals surface area contributed by atoms with E-state index in [-0.39, 0.29) is 11.8 Å². The van der Waals surface area contributed by atoms with Gasteiger partial charge in [-0.3, -0.25) is 14.6 Å². The highest BCUT2D eigenvalue weighted by Crippen LogP contribution is 2.15. The fourth-order valence-electron chi connectivity index (χ4n) is 2.58. The Morgan fingerprint density at radius 2 is 1.64 bits per heavy atom. The minimum absolute atomic E-state index is 0.0166. The van der Waals surface area contributed by atoms with Gasteiger partial charge in [-0.2, -0.15) is 0 Å². The first-order valence-corrected chi connectivity index (χ1v) is 8.51. The molecule has 2 rings (SSSR count). The zero-order valence-electron chi connectivity index (χ0n) is 15.1. The van der Waals surface area contributed by atoms with E-state index in [2.05, 4.69) is 4.98 Å². The molecule has 0 spiro atoms. The van der Waals surface area contributed by atoms with Gasteiger partial charge in [-0.1, -0.05) is 12.1 Å². The normalized spacial score (nSPS) is 10.4. The van der Waals surface area contributed by atoms with Gasteiger partial charge in [0.1, 0.15) is 0 Å². The van der Waals surface area contributed by atoms with Gasteiger partial charge in [0.2, 0.25) is 11.8 Å². The summed E-state index contributed by atoms with van der Waals surface area (Å²) in [6.07, 6.45) is 4.73. The zero-order chi connectivity index (χ0) is 18.2. The van der Waals surface area contributed by atoms with Crippen molar-refractivity contribution in [3.8, 4) is 0 Å². The number of likely N-dealkylation sites (N-methyl/N-ethyl adjacent to an activating group) is 1. The molecule has 2 amide bonds. The van der Waals surface area contributed by atoms with E-state index in [1.54, 1.807) is 24.3 Å². The molecule has 5 nitrogen and oxygen atoms in total. The number of anilines is 1. The molecule has 0 unspecified atom stereocenters. The first kappa shape index (κ1) is 18.6. The number of hydrogen-bond donors (Lipinski definition) is 0. The number of rotatable bonds is 7. The first-order valence-electron chi connectivity index (χ1n) is 8.51. The van der Waals surface area contributed by atoms with E-state index in [0.717, 1.165) is 17.7 Å². The number of aromatic nitrogens is 1. The minimum atomic E-state index is -0.0166. The SMILES string of the molecule is CCN(CCc1ccncc1)C(=O)Cc1ccc(N(C)C(C)=O)cc1. The third-order valence-electron chi connectivity index (χ3n) is 4.31. The first-order chi connectivity index (χ1) is 12.0. The number of hydrogen-bond acceptors (Lipinski definition) is 3. The molecule has 1 aromatic carbocycles. The van der Waals surface area contributed by atoms with Crippen molar-refractivity contribution >= 4 is 17.5 Å². The summed E-state index contributed by atoms with van der Waals surface area (Å²) in [6.45, 7) is 4.91. The van der Waals surface area contributed by atoms with Crippen molar-refractivity contribution in [3.63, 3.8) is 0 Å². The molecular weight excluding hydrogens is 314 g/mol. The van der Waals surface area contributed by atoms with Crippen molar-refractivity contribution in [1.82, 2.24) is 9.88 Å². The summed E-state index contributed by atoms with van der Waals surface area (Å²) in [5.74, 6) is 0.0984. The standard InChI is InChI=1S/C20H25N3O2/c1-4-23(14-11-17-9-12-21-13-10-17)20(25)15-18-5-7-19(8-6-18)22(3)16(2)24/h5-10,12-13H,4,11,14-15H2,1-3H3. The van der Waals surface area contributed by atoms with Crippen LogP contribution in [0.15, 0.2) is 48.8 Å². The number of benzene rings is 1. The Morgan fingerprint density at radius 1 is 1.00 bits per heavy atom. The van der Waals surface area contributed by atoms with E-state index < -0.39 is 0 Å². The lowest BCUT2D eigenvalue weighted by atomic mass is 10.1. The van der Waals surface area contributed by atoms with Gasteiger partial charge in [-0.15, -0.1) is 0 Å². The van der Waals surface area contributed by atoms with Crippen molar-refractivity contribution < 1.29 is 9.59 Å². The fraction of sp³-hybridized carbons (Fsp3) is 0.350. The van der Waals surface area contributed by atoms with Gasteiger partial charge in [0, 0.05) is 45.1 Å². The van der Waals surface area contributed by atoms with Crippen LogP contribution in [0, 0.1) is 0 Å². The van der Waals surface area contributed by atoms with Crippen molar-refractivity contribution in [2.24, 2.45) is 0 Å². The quantitative estimate of drug-likeness (QED) is 0.779. The Kier molecular flexibility index (Phi) is 6.69. The van der Waals surface area contributed by atoms with Crippen molar-refractivity contribution in [2.75, 3.05) is 25.0 Å². The Hall–Kier alpha value is -2.69. The lowest BCUT2D eigenvalue weighted by Gasteiger charge is -2.21. The Morgan fingerprint density at radius 3 is 2.20 bits per heavy atom. The number of nitrogens with zero attached hydrogens (tertiary/aromatic N) is 3. The van der Waals surface area contributed by atoms with E-state index in [4.69, 9.17) is 0 Å². The van der Waals surface area contributed by atoms with Crippen LogP contribution in [0.2, 0.25) is 0 Å². The smallest absolute Gasteiger partial charge is 0.226 e. The second kappa shape index (κ2) is 8.97. The molecule has 0 N–H and O–H groups in total. The second-order valence-corrected chi connectivity index (χ2v) is 6.00. The number of amides is 2. The minimum Gasteiger partial charge on any atom is -0.342 e. The summed E-state index contributed by atoms with van der Waals surface area (Å²) in [5.41, 5.74) is 2.96. The van der Waals surface area contributed by atoms with Crippen LogP contribution in [-0.4, -0.2) is 41.8 Å². The molecule has 132 valence electrons. The monoisotopic (exact) mass is 339 g/mol. The van der Waals surface area contributed by atoms with Crippen LogP contribution in [0.25, 0.3) is 0 Å². The average Bonchev–Trinajstić information content (AvgIpc) is 2.63.